The number of fused-ring (bicyclic) bond motifs is 1. The smallest absolute Gasteiger partial charge is 0.156 e. The highest BCUT2D eigenvalue weighted by atomic mass is 35.5. The van der Waals surface area contributed by atoms with Crippen LogP contribution in [-0.4, -0.2) is 33.5 Å². The van der Waals surface area contributed by atoms with E-state index in [2.05, 4.69) is 40.8 Å². The van der Waals surface area contributed by atoms with E-state index >= 15 is 0 Å². The first-order valence-corrected chi connectivity index (χ1v) is 9.13. The van der Waals surface area contributed by atoms with Crippen LogP contribution in [0.1, 0.15) is 34.8 Å². The monoisotopic (exact) mass is 380 g/mol. The highest BCUT2D eigenvalue weighted by molar-refractivity contribution is 7.12. The average molecular weight is 381 g/mol. The molecule has 3 N–H and O–H groups in total. The molecule has 0 saturated carbocycles. The Morgan fingerprint density at radius 2 is 1.76 bits per heavy atom. The summed E-state index contributed by atoms with van der Waals surface area (Å²) in [5.41, 5.74) is 4.54. The summed E-state index contributed by atoms with van der Waals surface area (Å²) >= 11 is 1.84. The SMILES string of the molecule is Cc1nc(N2CCCCC2)c2[nH]c(-c3cc(C)sc3C)cc2n1.Cl.O. The number of aryl methyl sites for hydroxylation is 3. The number of hydrogen-bond donors (Lipinski definition) is 1. The third-order valence-electron chi connectivity index (χ3n) is 4.56. The van der Waals surface area contributed by atoms with Crippen LogP contribution in [0.15, 0.2) is 12.1 Å². The minimum atomic E-state index is 0. The number of piperidine rings is 1. The first-order chi connectivity index (χ1) is 11.1. The molecule has 0 aromatic carbocycles. The first-order valence-electron chi connectivity index (χ1n) is 8.31. The minimum Gasteiger partial charge on any atom is -0.412 e. The Morgan fingerprint density at radius 1 is 1.04 bits per heavy atom. The van der Waals surface area contributed by atoms with E-state index in [-0.39, 0.29) is 17.9 Å². The van der Waals surface area contributed by atoms with Crippen LogP contribution in [0.25, 0.3) is 22.3 Å². The maximum atomic E-state index is 4.75. The number of halogens is 1. The highest BCUT2D eigenvalue weighted by Crippen LogP contribution is 2.34. The van der Waals surface area contributed by atoms with Crippen molar-refractivity contribution in [2.45, 2.75) is 40.0 Å². The van der Waals surface area contributed by atoms with Crippen LogP contribution in [0, 0.1) is 20.8 Å². The third-order valence-corrected chi connectivity index (χ3v) is 5.52. The fraction of sp³-hybridized carbons (Fsp3) is 0.444. The molecular weight excluding hydrogens is 356 g/mol. The Labute approximate surface area is 158 Å². The first kappa shape index (κ1) is 19.7. The number of nitrogens with one attached hydrogen (secondary N) is 1. The van der Waals surface area contributed by atoms with E-state index in [4.69, 9.17) is 4.98 Å². The molecular formula is C18H25ClN4OS. The molecule has 4 heterocycles. The molecule has 0 radical (unpaired) electrons. The number of rotatable bonds is 2. The summed E-state index contributed by atoms with van der Waals surface area (Å²) in [5, 5.41) is 0. The fourth-order valence-electron chi connectivity index (χ4n) is 3.49. The van der Waals surface area contributed by atoms with Crippen LogP contribution < -0.4 is 4.90 Å². The molecule has 3 aromatic heterocycles. The van der Waals surface area contributed by atoms with Crippen molar-refractivity contribution < 1.29 is 5.48 Å². The lowest BCUT2D eigenvalue weighted by Gasteiger charge is -2.28. The number of hydrogen-bond acceptors (Lipinski definition) is 4. The molecule has 1 aliphatic rings. The predicted octanol–water partition coefficient (Wildman–Crippen LogP) is 4.20. The molecule has 0 bridgehead atoms. The summed E-state index contributed by atoms with van der Waals surface area (Å²) in [7, 11) is 0. The van der Waals surface area contributed by atoms with Crippen LogP contribution >= 0.6 is 23.7 Å². The Kier molecular flexibility index (Phi) is 6.08. The van der Waals surface area contributed by atoms with Gasteiger partial charge in [-0.25, -0.2) is 9.97 Å². The molecule has 0 unspecified atom stereocenters. The zero-order chi connectivity index (χ0) is 16.0. The second-order valence-corrected chi connectivity index (χ2v) is 7.87. The van der Waals surface area contributed by atoms with E-state index in [0.717, 1.165) is 41.5 Å². The topological polar surface area (TPSA) is 76.3 Å². The Morgan fingerprint density at radius 3 is 2.40 bits per heavy atom. The van der Waals surface area contributed by atoms with Gasteiger partial charge in [0.25, 0.3) is 0 Å². The van der Waals surface area contributed by atoms with Crippen molar-refractivity contribution in [2.75, 3.05) is 18.0 Å². The van der Waals surface area contributed by atoms with Crippen LogP contribution in [0.5, 0.6) is 0 Å². The lowest BCUT2D eigenvalue weighted by Crippen LogP contribution is -2.30. The van der Waals surface area contributed by atoms with Crippen molar-refractivity contribution in [3.8, 4) is 11.3 Å². The molecule has 0 aliphatic carbocycles. The maximum Gasteiger partial charge on any atom is 0.156 e. The number of aromatic nitrogens is 3. The van der Waals surface area contributed by atoms with Gasteiger partial charge < -0.3 is 15.4 Å². The minimum absolute atomic E-state index is 0. The van der Waals surface area contributed by atoms with Crippen molar-refractivity contribution in [1.82, 2.24) is 15.0 Å². The standard InChI is InChI=1S/C18H22N4S.ClH.H2O/c1-11-9-14(12(2)23-11)15-10-16-17(21-15)18(20-13(3)19-16)22-7-5-4-6-8-22;;/h9-10,21H,4-8H2,1-3H3;1H;1H2. The summed E-state index contributed by atoms with van der Waals surface area (Å²) in [6.45, 7) is 8.51. The predicted molar refractivity (Wildman–Crippen MR) is 108 cm³/mol. The summed E-state index contributed by atoms with van der Waals surface area (Å²) in [4.78, 5) is 18.1. The molecule has 25 heavy (non-hydrogen) atoms. The van der Waals surface area contributed by atoms with Crippen molar-refractivity contribution in [3.63, 3.8) is 0 Å². The van der Waals surface area contributed by atoms with Gasteiger partial charge in [-0.3, -0.25) is 0 Å². The lowest BCUT2D eigenvalue weighted by molar-refractivity contribution is 0.574. The Bertz CT molecular complexity index is 867. The largest absolute Gasteiger partial charge is 0.412 e. The fourth-order valence-corrected chi connectivity index (χ4v) is 4.43. The van der Waals surface area contributed by atoms with Crippen molar-refractivity contribution >= 4 is 40.6 Å². The van der Waals surface area contributed by atoms with Crippen LogP contribution in [0.4, 0.5) is 5.82 Å². The van der Waals surface area contributed by atoms with Crippen LogP contribution in [0.2, 0.25) is 0 Å². The lowest BCUT2D eigenvalue weighted by atomic mass is 10.1. The highest BCUT2D eigenvalue weighted by Gasteiger charge is 2.19. The molecule has 0 spiro atoms. The second-order valence-electron chi connectivity index (χ2n) is 6.41. The Balaban J connectivity index is 0.00000113. The van der Waals surface area contributed by atoms with E-state index in [1.54, 1.807) is 0 Å². The van der Waals surface area contributed by atoms with Gasteiger partial charge in [0.05, 0.1) is 5.52 Å². The molecule has 5 nitrogen and oxygen atoms in total. The Hall–Kier alpha value is -1.63. The number of thiophene rings is 1. The summed E-state index contributed by atoms with van der Waals surface area (Å²) < 4.78 is 0. The molecule has 1 fully saturated rings. The van der Waals surface area contributed by atoms with Gasteiger partial charge in [-0.05, 0) is 52.2 Å². The molecule has 4 rings (SSSR count). The van der Waals surface area contributed by atoms with Crippen LogP contribution in [-0.2, 0) is 0 Å². The second kappa shape index (κ2) is 7.72. The molecule has 1 saturated heterocycles. The third kappa shape index (κ3) is 3.66. The van der Waals surface area contributed by atoms with Gasteiger partial charge in [0.15, 0.2) is 5.82 Å². The van der Waals surface area contributed by atoms with Gasteiger partial charge in [0.2, 0.25) is 0 Å². The molecule has 3 aromatic rings. The zero-order valence-corrected chi connectivity index (χ0v) is 16.5. The van der Waals surface area contributed by atoms with Crippen molar-refractivity contribution in [3.05, 3.63) is 27.7 Å². The summed E-state index contributed by atoms with van der Waals surface area (Å²) in [5.74, 6) is 1.92. The van der Waals surface area contributed by atoms with Crippen molar-refractivity contribution in [2.24, 2.45) is 0 Å². The van der Waals surface area contributed by atoms with Gasteiger partial charge in [-0.1, -0.05) is 0 Å². The van der Waals surface area contributed by atoms with Crippen molar-refractivity contribution in [1.29, 1.82) is 0 Å². The average Bonchev–Trinajstić information content (AvgIpc) is 3.09. The van der Waals surface area contributed by atoms with Gasteiger partial charge in [0, 0.05) is 34.1 Å². The van der Waals surface area contributed by atoms with E-state index in [1.165, 1.54) is 34.6 Å². The van der Waals surface area contributed by atoms with E-state index in [0.29, 0.717) is 0 Å². The zero-order valence-electron chi connectivity index (χ0n) is 14.8. The van der Waals surface area contributed by atoms with Gasteiger partial charge >= 0.3 is 0 Å². The molecule has 0 amide bonds. The number of H-pyrrole nitrogens is 1. The van der Waals surface area contributed by atoms with Crippen LogP contribution in [0.3, 0.4) is 0 Å². The molecule has 7 heteroatoms. The summed E-state index contributed by atoms with van der Waals surface area (Å²) in [6, 6.07) is 4.43. The number of nitrogens with zero attached hydrogens (tertiary/aromatic N) is 3. The number of aromatic amines is 1. The molecule has 1 aliphatic heterocycles. The number of anilines is 1. The quantitative estimate of drug-likeness (QED) is 0.723. The van der Waals surface area contributed by atoms with E-state index in [9.17, 15) is 0 Å². The summed E-state index contributed by atoms with van der Waals surface area (Å²) in [6.07, 6.45) is 3.83. The molecule has 0 atom stereocenters. The van der Waals surface area contributed by atoms with Gasteiger partial charge in [0.1, 0.15) is 11.3 Å². The van der Waals surface area contributed by atoms with E-state index < -0.39 is 0 Å². The normalized spacial score (nSPS) is 14.3. The molecule has 136 valence electrons. The van der Waals surface area contributed by atoms with Gasteiger partial charge in [-0.2, -0.15) is 0 Å². The van der Waals surface area contributed by atoms with Gasteiger partial charge in [-0.15, -0.1) is 23.7 Å². The maximum absolute atomic E-state index is 4.75. The van der Waals surface area contributed by atoms with E-state index in [1.807, 2.05) is 18.3 Å².